The smallest absolute Gasteiger partial charge is 0.423 e. The molecule has 24 heavy (non-hydrogen) atoms. The van der Waals surface area contributed by atoms with E-state index in [1.54, 1.807) is 18.2 Å². The van der Waals surface area contributed by atoms with Crippen molar-refractivity contribution in [1.82, 2.24) is 0 Å². The van der Waals surface area contributed by atoms with Crippen LogP contribution >= 0.6 is 0 Å². The van der Waals surface area contributed by atoms with Gasteiger partial charge in [-0.05, 0) is 40.7 Å². The lowest BCUT2D eigenvalue weighted by Gasteiger charge is -2.10. The highest BCUT2D eigenvalue weighted by molar-refractivity contribution is 6.58. The van der Waals surface area contributed by atoms with E-state index in [0.29, 0.717) is 5.46 Å². The van der Waals surface area contributed by atoms with E-state index in [-0.39, 0.29) is 0 Å². The van der Waals surface area contributed by atoms with E-state index in [9.17, 15) is 10.0 Å². The van der Waals surface area contributed by atoms with Crippen LogP contribution in [-0.4, -0.2) is 17.2 Å². The van der Waals surface area contributed by atoms with Gasteiger partial charge in [0, 0.05) is 0 Å². The van der Waals surface area contributed by atoms with E-state index in [0.717, 1.165) is 22.3 Å². The van der Waals surface area contributed by atoms with E-state index in [2.05, 4.69) is 30.9 Å². The Bertz CT molecular complexity index is 754. The summed E-state index contributed by atoms with van der Waals surface area (Å²) in [6.45, 7) is 5.73. The summed E-state index contributed by atoms with van der Waals surface area (Å²) in [5.74, 6) is 0. The van der Waals surface area contributed by atoms with Gasteiger partial charge in [0.2, 0.25) is 0 Å². The molecule has 0 bridgehead atoms. The first-order chi connectivity index (χ1) is 11.7. The zero-order valence-electron chi connectivity index (χ0n) is 13.8. The molecular weight excluding hydrogens is 295 g/mol. The standard InChI is InChI=1S/C21H21BO2/c1-3-5-9-18(4-2)21(19-10-7-6-8-11-19)16-17-12-14-20(15-13-17)22(23)24/h3-16,23-24H,1H2,2H3/b9-5-,18-4+,21-16-. The third kappa shape index (κ3) is 4.69. The summed E-state index contributed by atoms with van der Waals surface area (Å²) >= 11 is 0. The molecule has 0 radical (unpaired) electrons. The minimum atomic E-state index is -1.45. The summed E-state index contributed by atoms with van der Waals surface area (Å²) in [5.41, 5.74) is 4.77. The van der Waals surface area contributed by atoms with Crippen molar-refractivity contribution in [2.24, 2.45) is 0 Å². The maximum Gasteiger partial charge on any atom is 0.488 e. The summed E-state index contributed by atoms with van der Waals surface area (Å²) in [5, 5.41) is 18.4. The fourth-order valence-electron chi connectivity index (χ4n) is 2.40. The van der Waals surface area contributed by atoms with Crippen LogP contribution in [0.2, 0.25) is 0 Å². The monoisotopic (exact) mass is 316 g/mol. The highest BCUT2D eigenvalue weighted by atomic mass is 16.4. The van der Waals surface area contributed by atoms with Crippen molar-refractivity contribution in [3.8, 4) is 0 Å². The van der Waals surface area contributed by atoms with Gasteiger partial charge in [-0.3, -0.25) is 0 Å². The second-order valence-corrected chi connectivity index (χ2v) is 5.30. The van der Waals surface area contributed by atoms with Gasteiger partial charge in [0.15, 0.2) is 0 Å². The van der Waals surface area contributed by atoms with Crippen LogP contribution in [0, 0.1) is 0 Å². The summed E-state index contributed by atoms with van der Waals surface area (Å²) in [6, 6.07) is 17.4. The molecule has 0 fully saturated rings. The molecule has 0 saturated carbocycles. The van der Waals surface area contributed by atoms with Gasteiger partial charge in [0.25, 0.3) is 0 Å². The second kappa shape index (κ2) is 8.87. The average Bonchev–Trinajstić information content (AvgIpc) is 2.62. The van der Waals surface area contributed by atoms with Crippen molar-refractivity contribution in [3.05, 3.63) is 102 Å². The van der Waals surface area contributed by atoms with E-state index in [1.807, 2.05) is 49.4 Å². The lowest BCUT2D eigenvalue weighted by Crippen LogP contribution is -2.29. The van der Waals surface area contributed by atoms with Gasteiger partial charge >= 0.3 is 7.12 Å². The Balaban J connectivity index is 2.49. The number of hydrogen-bond acceptors (Lipinski definition) is 2. The third-order valence-electron chi connectivity index (χ3n) is 3.66. The minimum absolute atomic E-state index is 0.478. The number of benzene rings is 2. The second-order valence-electron chi connectivity index (χ2n) is 5.30. The van der Waals surface area contributed by atoms with E-state index < -0.39 is 7.12 Å². The molecule has 0 heterocycles. The zero-order valence-corrected chi connectivity index (χ0v) is 13.8. The molecule has 0 unspecified atom stereocenters. The molecule has 0 aliphatic carbocycles. The van der Waals surface area contributed by atoms with Crippen molar-refractivity contribution < 1.29 is 10.0 Å². The Hall–Kier alpha value is -2.62. The molecule has 0 atom stereocenters. The molecule has 2 rings (SSSR count). The van der Waals surface area contributed by atoms with Crippen molar-refractivity contribution >= 4 is 24.2 Å². The average molecular weight is 316 g/mol. The van der Waals surface area contributed by atoms with Crippen molar-refractivity contribution in [2.75, 3.05) is 0 Å². The largest absolute Gasteiger partial charge is 0.488 e. The van der Waals surface area contributed by atoms with E-state index in [4.69, 9.17) is 0 Å². The molecule has 2 aromatic rings. The van der Waals surface area contributed by atoms with Crippen molar-refractivity contribution in [1.29, 1.82) is 0 Å². The van der Waals surface area contributed by atoms with Crippen molar-refractivity contribution in [2.45, 2.75) is 6.92 Å². The molecule has 0 spiro atoms. The molecule has 0 saturated heterocycles. The topological polar surface area (TPSA) is 40.5 Å². The third-order valence-corrected chi connectivity index (χ3v) is 3.66. The SMILES string of the molecule is C=C\C=C/C(=C\C)C(=C/c1ccc(B(O)O)cc1)/c1ccccc1. The zero-order chi connectivity index (χ0) is 17.4. The summed E-state index contributed by atoms with van der Waals surface area (Å²) in [4.78, 5) is 0. The first-order valence-electron chi connectivity index (χ1n) is 7.84. The van der Waals surface area contributed by atoms with Crippen LogP contribution in [0.5, 0.6) is 0 Å². The van der Waals surface area contributed by atoms with Crippen LogP contribution in [-0.2, 0) is 0 Å². The van der Waals surface area contributed by atoms with Crippen LogP contribution in [0.15, 0.2) is 91.1 Å². The number of hydrogen-bond donors (Lipinski definition) is 2. The van der Waals surface area contributed by atoms with Gasteiger partial charge in [-0.25, -0.2) is 0 Å². The predicted octanol–water partition coefficient (Wildman–Crippen LogP) is 3.60. The molecule has 0 aliphatic rings. The fourth-order valence-corrected chi connectivity index (χ4v) is 2.40. The lowest BCUT2D eigenvalue weighted by atomic mass is 9.80. The van der Waals surface area contributed by atoms with Crippen LogP contribution < -0.4 is 5.46 Å². The molecule has 0 amide bonds. The summed E-state index contributed by atoms with van der Waals surface area (Å²) in [7, 11) is -1.45. The molecule has 2 aromatic carbocycles. The van der Waals surface area contributed by atoms with Gasteiger partial charge < -0.3 is 10.0 Å². The van der Waals surface area contributed by atoms with Crippen molar-refractivity contribution in [3.63, 3.8) is 0 Å². The van der Waals surface area contributed by atoms with E-state index in [1.165, 1.54) is 0 Å². The number of rotatable bonds is 6. The Labute approximate surface area is 143 Å². The minimum Gasteiger partial charge on any atom is -0.423 e. The first kappa shape index (κ1) is 17.7. The van der Waals surface area contributed by atoms with Crippen LogP contribution in [0.4, 0.5) is 0 Å². The van der Waals surface area contributed by atoms with Gasteiger partial charge in [0.05, 0.1) is 0 Å². The maximum absolute atomic E-state index is 9.21. The highest BCUT2D eigenvalue weighted by Crippen LogP contribution is 2.26. The Morgan fingerprint density at radius 3 is 2.21 bits per heavy atom. The quantitative estimate of drug-likeness (QED) is 0.486. The molecule has 120 valence electrons. The van der Waals surface area contributed by atoms with E-state index >= 15 is 0 Å². The molecule has 2 N–H and O–H groups in total. The van der Waals surface area contributed by atoms with Gasteiger partial charge in [-0.1, -0.05) is 85.5 Å². The fraction of sp³-hybridized carbons (Fsp3) is 0.0476. The van der Waals surface area contributed by atoms with Gasteiger partial charge in [0.1, 0.15) is 0 Å². The molecule has 3 heteroatoms. The lowest BCUT2D eigenvalue weighted by molar-refractivity contribution is 0.426. The molecule has 0 aromatic heterocycles. The Kier molecular flexibility index (Phi) is 6.56. The molecular formula is C21H21BO2. The molecule has 0 aliphatic heterocycles. The van der Waals surface area contributed by atoms with Crippen LogP contribution in [0.1, 0.15) is 18.1 Å². The maximum atomic E-state index is 9.21. The normalized spacial score (nSPS) is 12.5. The van der Waals surface area contributed by atoms with Gasteiger partial charge in [-0.15, -0.1) is 0 Å². The summed E-state index contributed by atoms with van der Waals surface area (Å²) < 4.78 is 0. The Morgan fingerprint density at radius 1 is 1.00 bits per heavy atom. The summed E-state index contributed by atoms with van der Waals surface area (Å²) in [6.07, 6.45) is 9.84. The predicted molar refractivity (Wildman–Crippen MR) is 104 cm³/mol. The van der Waals surface area contributed by atoms with Crippen LogP contribution in [0.3, 0.4) is 0 Å². The number of allylic oxidation sites excluding steroid dienone is 6. The van der Waals surface area contributed by atoms with Crippen LogP contribution in [0.25, 0.3) is 11.6 Å². The molecule has 2 nitrogen and oxygen atoms in total. The first-order valence-corrected chi connectivity index (χ1v) is 7.84. The highest BCUT2D eigenvalue weighted by Gasteiger charge is 2.10. The van der Waals surface area contributed by atoms with Gasteiger partial charge in [-0.2, -0.15) is 0 Å². The Morgan fingerprint density at radius 2 is 1.67 bits per heavy atom.